The van der Waals surface area contributed by atoms with Gasteiger partial charge in [-0.2, -0.15) is 0 Å². The molecule has 3 unspecified atom stereocenters. The third kappa shape index (κ3) is 11.0. The van der Waals surface area contributed by atoms with Gasteiger partial charge in [-0.1, -0.05) is 27.7 Å². The average Bonchev–Trinajstić information content (AvgIpc) is 2.60. The minimum atomic E-state index is -1.18. The Morgan fingerprint density at radius 3 is 1.97 bits per heavy atom. The summed E-state index contributed by atoms with van der Waals surface area (Å²) in [6.07, 6.45) is -0.0870. The van der Waals surface area contributed by atoms with E-state index in [2.05, 4.69) is 16.0 Å². The number of carboxylic acids is 2. The Balaban J connectivity index is 4.83. The van der Waals surface area contributed by atoms with Crippen LogP contribution in [0.2, 0.25) is 0 Å². The number of carboxylic acid groups (broad SMARTS) is 2. The highest BCUT2D eigenvalue weighted by atomic mass is 16.4. The van der Waals surface area contributed by atoms with E-state index in [1.165, 1.54) is 0 Å². The lowest BCUT2D eigenvalue weighted by Crippen LogP contribution is -2.54. The Labute approximate surface area is 169 Å². The molecule has 11 nitrogen and oxygen atoms in total. The van der Waals surface area contributed by atoms with Gasteiger partial charge in [0.25, 0.3) is 0 Å². The summed E-state index contributed by atoms with van der Waals surface area (Å²) in [6, 6.07) is -3.14. The summed E-state index contributed by atoms with van der Waals surface area (Å²) in [7, 11) is 0. The normalized spacial score (nSPS) is 14.0. The fourth-order valence-corrected chi connectivity index (χ4v) is 2.42. The third-order valence-electron chi connectivity index (χ3n) is 4.02. The van der Waals surface area contributed by atoms with Gasteiger partial charge in [0, 0.05) is 6.42 Å². The van der Waals surface area contributed by atoms with Crippen LogP contribution in [-0.2, 0) is 24.0 Å². The molecule has 0 spiro atoms. The summed E-state index contributed by atoms with van der Waals surface area (Å²) in [5.74, 6) is -4.53. The van der Waals surface area contributed by atoms with Crippen molar-refractivity contribution in [1.82, 2.24) is 16.0 Å². The van der Waals surface area contributed by atoms with Gasteiger partial charge in [-0.25, -0.2) is 4.79 Å². The first kappa shape index (κ1) is 26.3. The number of hydrogen-bond acceptors (Lipinski definition) is 6. The van der Waals surface area contributed by atoms with E-state index in [-0.39, 0.29) is 31.1 Å². The molecule has 0 heterocycles. The maximum Gasteiger partial charge on any atom is 0.326 e. The van der Waals surface area contributed by atoms with Gasteiger partial charge in [0.15, 0.2) is 0 Å². The quantitative estimate of drug-likeness (QED) is 0.221. The van der Waals surface area contributed by atoms with Crippen molar-refractivity contribution in [2.24, 2.45) is 17.6 Å². The van der Waals surface area contributed by atoms with Crippen LogP contribution >= 0.6 is 0 Å². The largest absolute Gasteiger partial charge is 0.481 e. The highest BCUT2D eigenvalue weighted by Gasteiger charge is 2.27. The van der Waals surface area contributed by atoms with Crippen LogP contribution in [-0.4, -0.2) is 64.5 Å². The van der Waals surface area contributed by atoms with Crippen LogP contribution in [0.3, 0.4) is 0 Å². The van der Waals surface area contributed by atoms with Gasteiger partial charge in [0.2, 0.25) is 17.7 Å². The Hall–Kier alpha value is -2.69. The average molecular weight is 416 g/mol. The number of aliphatic carboxylic acids is 2. The number of carbonyl (C=O) groups excluding carboxylic acids is 3. The molecule has 11 heteroatoms. The van der Waals surface area contributed by atoms with Gasteiger partial charge in [-0.15, -0.1) is 0 Å². The highest BCUT2D eigenvalue weighted by molar-refractivity contribution is 5.92. The van der Waals surface area contributed by atoms with Crippen LogP contribution in [0.15, 0.2) is 0 Å². The minimum Gasteiger partial charge on any atom is -0.481 e. The molecule has 0 rings (SSSR count). The summed E-state index contributed by atoms with van der Waals surface area (Å²) in [6.45, 7) is 6.50. The second kappa shape index (κ2) is 12.7. The summed E-state index contributed by atoms with van der Waals surface area (Å²) in [5, 5.41) is 24.9. The summed E-state index contributed by atoms with van der Waals surface area (Å²) >= 11 is 0. The van der Waals surface area contributed by atoms with Gasteiger partial charge in [-0.05, 0) is 24.7 Å². The van der Waals surface area contributed by atoms with Crippen molar-refractivity contribution in [2.45, 2.75) is 65.1 Å². The first-order chi connectivity index (χ1) is 13.3. The zero-order valence-electron chi connectivity index (χ0n) is 17.2. The lowest BCUT2D eigenvalue weighted by Gasteiger charge is -2.22. The predicted molar refractivity (Wildman–Crippen MR) is 104 cm³/mol. The second-order valence-corrected chi connectivity index (χ2v) is 7.57. The molecule has 0 bridgehead atoms. The van der Waals surface area contributed by atoms with Gasteiger partial charge in [0.1, 0.15) is 12.1 Å². The number of hydrogen-bond donors (Lipinski definition) is 6. The molecule has 0 fully saturated rings. The highest BCUT2D eigenvalue weighted by Crippen LogP contribution is 2.06. The van der Waals surface area contributed by atoms with Crippen molar-refractivity contribution in [3.8, 4) is 0 Å². The number of nitrogens with two attached hydrogens (primary N) is 1. The lowest BCUT2D eigenvalue weighted by atomic mass is 10.0. The van der Waals surface area contributed by atoms with E-state index in [0.29, 0.717) is 0 Å². The zero-order chi connectivity index (χ0) is 22.7. The molecule has 7 N–H and O–H groups in total. The zero-order valence-corrected chi connectivity index (χ0v) is 17.2. The summed E-state index contributed by atoms with van der Waals surface area (Å²) in [5.41, 5.74) is 5.65. The fourth-order valence-electron chi connectivity index (χ4n) is 2.42. The van der Waals surface area contributed by atoms with E-state index in [0.717, 1.165) is 0 Å². The fraction of sp³-hybridized carbons (Fsp3) is 0.722. The van der Waals surface area contributed by atoms with Gasteiger partial charge >= 0.3 is 11.9 Å². The maximum atomic E-state index is 12.4. The Morgan fingerprint density at radius 1 is 0.931 bits per heavy atom. The Morgan fingerprint density at radius 2 is 1.52 bits per heavy atom. The van der Waals surface area contributed by atoms with Crippen molar-refractivity contribution in [3.05, 3.63) is 0 Å². The summed E-state index contributed by atoms with van der Waals surface area (Å²) < 4.78 is 0. The molecule has 166 valence electrons. The SMILES string of the molecule is CC(C)CC(NC(=O)C(N)CCC(=O)O)C(=O)NCC(=O)NC(C(=O)O)C(C)C. The molecule has 0 saturated carbocycles. The van der Waals surface area contributed by atoms with Crippen LogP contribution < -0.4 is 21.7 Å². The molecule has 0 aromatic carbocycles. The minimum absolute atomic E-state index is 0.0347. The van der Waals surface area contributed by atoms with E-state index in [9.17, 15) is 24.0 Å². The number of carbonyl (C=O) groups is 5. The molecule has 0 aromatic heterocycles. The number of amides is 3. The van der Waals surface area contributed by atoms with E-state index in [1.54, 1.807) is 13.8 Å². The molecule has 29 heavy (non-hydrogen) atoms. The van der Waals surface area contributed by atoms with E-state index in [4.69, 9.17) is 15.9 Å². The molecular formula is C18H32N4O7. The van der Waals surface area contributed by atoms with Crippen molar-refractivity contribution in [1.29, 1.82) is 0 Å². The molecule has 0 saturated heterocycles. The first-order valence-corrected chi connectivity index (χ1v) is 9.42. The molecule has 0 aromatic rings. The molecular weight excluding hydrogens is 384 g/mol. The molecule has 0 aliphatic rings. The standard InChI is InChI=1S/C18H32N4O7/c1-9(2)7-12(21-16(26)11(19)5-6-14(24)25)17(27)20-8-13(23)22-15(10(3)4)18(28)29/h9-12,15H,5-8,19H2,1-4H3,(H,20,27)(H,21,26)(H,22,23)(H,24,25)(H,28,29). The van der Waals surface area contributed by atoms with Crippen LogP contribution in [0.25, 0.3) is 0 Å². The van der Waals surface area contributed by atoms with Crippen LogP contribution in [0.4, 0.5) is 0 Å². The van der Waals surface area contributed by atoms with Crippen LogP contribution in [0, 0.1) is 11.8 Å². The first-order valence-electron chi connectivity index (χ1n) is 9.42. The Kier molecular flexibility index (Phi) is 11.5. The number of rotatable bonds is 13. The molecule has 3 atom stereocenters. The van der Waals surface area contributed by atoms with Crippen LogP contribution in [0.5, 0.6) is 0 Å². The topological polar surface area (TPSA) is 188 Å². The number of nitrogens with one attached hydrogen (secondary N) is 3. The van der Waals surface area contributed by atoms with Gasteiger partial charge < -0.3 is 31.9 Å². The Bertz CT molecular complexity index is 607. The van der Waals surface area contributed by atoms with Crippen molar-refractivity contribution >= 4 is 29.7 Å². The van der Waals surface area contributed by atoms with Gasteiger partial charge in [-0.3, -0.25) is 19.2 Å². The van der Waals surface area contributed by atoms with E-state index >= 15 is 0 Å². The second-order valence-electron chi connectivity index (χ2n) is 7.57. The predicted octanol–water partition coefficient (Wildman–Crippen LogP) is -0.949. The molecule has 0 radical (unpaired) electrons. The van der Waals surface area contributed by atoms with E-state index in [1.807, 2.05) is 13.8 Å². The van der Waals surface area contributed by atoms with Crippen molar-refractivity contribution < 1.29 is 34.2 Å². The maximum absolute atomic E-state index is 12.4. The third-order valence-corrected chi connectivity index (χ3v) is 4.02. The van der Waals surface area contributed by atoms with Crippen molar-refractivity contribution in [3.63, 3.8) is 0 Å². The van der Waals surface area contributed by atoms with Crippen LogP contribution in [0.1, 0.15) is 47.0 Å². The molecule has 3 amide bonds. The molecule has 0 aliphatic heterocycles. The molecule has 0 aliphatic carbocycles. The van der Waals surface area contributed by atoms with Gasteiger partial charge in [0.05, 0.1) is 12.6 Å². The van der Waals surface area contributed by atoms with Crippen molar-refractivity contribution in [2.75, 3.05) is 6.54 Å². The monoisotopic (exact) mass is 416 g/mol. The summed E-state index contributed by atoms with van der Waals surface area (Å²) in [4.78, 5) is 58.2. The van der Waals surface area contributed by atoms with E-state index < -0.39 is 54.3 Å². The smallest absolute Gasteiger partial charge is 0.326 e. The lowest BCUT2D eigenvalue weighted by molar-refractivity contribution is -0.143.